The standard InChI is InChI=1S/C14H19N3O/c1-14(2,3)9-17-12(18)10-7-5-6-8-11(10)16(4)13(17)15/h5-8,15H,9H2,1-4H3. The number of aryl methyl sites for hydroxylation is 1. The predicted octanol–water partition coefficient (Wildman–Crippen LogP) is 1.87. The Hall–Kier alpha value is -1.84. The van der Waals surface area contributed by atoms with Gasteiger partial charge in [-0.2, -0.15) is 0 Å². The molecular weight excluding hydrogens is 226 g/mol. The molecule has 4 heteroatoms. The fourth-order valence-corrected chi connectivity index (χ4v) is 2.10. The van der Waals surface area contributed by atoms with E-state index in [2.05, 4.69) is 20.8 Å². The molecule has 0 fully saturated rings. The van der Waals surface area contributed by atoms with E-state index >= 15 is 0 Å². The summed E-state index contributed by atoms with van der Waals surface area (Å²) in [6, 6.07) is 7.43. The van der Waals surface area contributed by atoms with Crippen LogP contribution in [0.2, 0.25) is 0 Å². The lowest BCUT2D eigenvalue weighted by molar-refractivity contribution is 0.325. The summed E-state index contributed by atoms with van der Waals surface area (Å²) in [6.07, 6.45) is 0. The average Bonchev–Trinajstić information content (AvgIpc) is 2.31. The zero-order valence-corrected chi connectivity index (χ0v) is 11.3. The summed E-state index contributed by atoms with van der Waals surface area (Å²) in [5.74, 6) is 0. The first-order valence-electron chi connectivity index (χ1n) is 6.04. The van der Waals surface area contributed by atoms with E-state index in [-0.39, 0.29) is 16.6 Å². The highest BCUT2D eigenvalue weighted by Crippen LogP contribution is 2.14. The SMILES string of the molecule is Cn1c(=N)n(CC(C)(C)C)c(=O)c2ccccc21. The first kappa shape index (κ1) is 12.6. The van der Waals surface area contributed by atoms with E-state index in [1.54, 1.807) is 9.13 Å². The molecule has 96 valence electrons. The minimum Gasteiger partial charge on any atom is -0.315 e. The van der Waals surface area contributed by atoms with E-state index in [0.29, 0.717) is 11.9 Å². The second-order valence-corrected chi connectivity index (χ2v) is 5.85. The Morgan fingerprint density at radius 2 is 1.83 bits per heavy atom. The first-order chi connectivity index (χ1) is 8.31. The number of nitrogens with zero attached hydrogens (tertiary/aromatic N) is 2. The third-order valence-corrected chi connectivity index (χ3v) is 2.95. The van der Waals surface area contributed by atoms with Gasteiger partial charge in [0.2, 0.25) is 5.62 Å². The van der Waals surface area contributed by atoms with Crippen LogP contribution < -0.4 is 11.2 Å². The maximum Gasteiger partial charge on any atom is 0.262 e. The molecule has 0 atom stereocenters. The minimum atomic E-state index is -0.0800. The van der Waals surface area contributed by atoms with E-state index in [1.165, 1.54) is 0 Å². The van der Waals surface area contributed by atoms with Crippen molar-refractivity contribution in [3.8, 4) is 0 Å². The zero-order valence-electron chi connectivity index (χ0n) is 11.3. The van der Waals surface area contributed by atoms with Gasteiger partial charge in [-0.15, -0.1) is 0 Å². The van der Waals surface area contributed by atoms with Crippen molar-refractivity contribution in [3.63, 3.8) is 0 Å². The second kappa shape index (κ2) is 4.12. The Morgan fingerprint density at radius 3 is 2.44 bits per heavy atom. The van der Waals surface area contributed by atoms with Gasteiger partial charge in [0, 0.05) is 13.6 Å². The van der Waals surface area contributed by atoms with Crippen LogP contribution in [0.15, 0.2) is 29.1 Å². The number of fused-ring (bicyclic) bond motifs is 1. The summed E-state index contributed by atoms with van der Waals surface area (Å²) < 4.78 is 3.30. The summed E-state index contributed by atoms with van der Waals surface area (Å²) in [5, 5.41) is 8.79. The van der Waals surface area contributed by atoms with Crippen molar-refractivity contribution >= 4 is 10.9 Å². The van der Waals surface area contributed by atoms with Crippen molar-refractivity contribution in [1.29, 1.82) is 5.41 Å². The van der Waals surface area contributed by atoms with Crippen molar-refractivity contribution in [3.05, 3.63) is 40.2 Å². The highest BCUT2D eigenvalue weighted by molar-refractivity contribution is 5.77. The molecule has 18 heavy (non-hydrogen) atoms. The molecule has 0 aliphatic heterocycles. The summed E-state index contributed by atoms with van der Waals surface area (Å²) >= 11 is 0. The molecule has 0 saturated carbocycles. The smallest absolute Gasteiger partial charge is 0.262 e. The van der Waals surface area contributed by atoms with Crippen LogP contribution in [-0.4, -0.2) is 9.13 Å². The van der Waals surface area contributed by atoms with Gasteiger partial charge < -0.3 is 4.57 Å². The normalized spacial score (nSPS) is 12.0. The Kier molecular flexibility index (Phi) is 2.89. The first-order valence-corrected chi connectivity index (χ1v) is 6.04. The summed E-state index contributed by atoms with van der Waals surface area (Å²) in [4.78, 5) is 12.4. The van der Waals surface area contributed by atoms with Gasteiger partial charge in [0.25, 0.3) is 5.56 Å². The Labute approximate surface area is 106 Å². The van der Waals surface area contributed by atoms with Crippen molar-refractivity contribution in [2.24, 2.45) is 12.5 Å². The molecule has 0 amide bonds. The number of nitrogens with one attached hydrogen (secondary N) is 1. The van der Waals surface area contributed by atoms with Crippen LogP contribution in [0.5, 0.6) is 0 Å². The summed E-state index contributed by atoms with van der Waals surface area (Å²) in [7, 11) is 1.82. The van der Waals surface area contributed by atoms with Crippen molar-refractivity contribution in [2.75, 3.05) is 0 Å². The maximum atomic E-state index is 12.4. The number of aromatic nitrogens is 2. The van der Waals surface area contributed by atoms with E-state index in [1.807, 2.05) is 31.3 Å². The lowest BCUT2D eigenvalue weighted by Crippen LogP contribution is -2.41. The zero-order chi connectivity index (χ0) is 13.5. The molecule has 1 aromatic heterocycles. The summed E-state index contributed by atoms with van der Waals surface area (Å²) in [5.41, 5.74) is 0.935. The van der Waals surface area contributed by atoms with Crippen LogP contribution in [0.4, 0.5) is 0 Å². The number of hydrogen-bond acceptors (Lipinski definition) is 2. The number of hydrogen-bond donors (Lipinski definition) is 1. The van der Waals surface area contributed by atoms with Crippen molar-refractivity contribution in [2.45, 2.75) is 27.3 Å². The van der Waals surface area contributed by atoms with E-state index in [0.717, 1.165) is 5.52 Å². The Bertz CT molecular complexity index is 702. The van der Waals surface area contributed by atoms with Crippen LogP contribution in [0, 0.1) is 10.8 Å². The average molecular weight is 245 g/mol. The topological polar surface area (TPSA) is 50.8 Å². The molecule has 4 nitrogen and oxygen atoms in total. The van der Waals surface area contributed by atoms with Crippen LogP contribution in [0.1, 0.15) is 20.8 Å². The molecule has 0 radical (unpaired) electrons. The monoisotopic (exact) mass is 245 g/mol. The van der Waals surface area contributed by atoms with E-state index < -0.39 is 0 Å². The molecule has 1 heterocycles. The van der Waals surface area contributed by atoms with Crippen LogP contribution in [0.3, 0.4) is 0 Å². The van der Waals surface area contributed by atoms with Gasteiger partial charge in [-0.1, -0.05) is 32.9 Å². The largest absolute Gasteiger partial charge is 0.315 e. The molecule has 0 unspecified atom stereocenters. The lowest BCUT2D eigenvalue weighted by Gasteiger charge is -2.21. The molecule has 0 bridgehead atoms. The molecule has 0 aliphatic rings. The van der Waals surface area contributed by atoms with Crippen molar-refractivity contribution in [1.82, 2.24) is 9.13 Å². The quantitative estimate of drug-likeness (QED) is 0.819. The van der Waals surface area contributed by atoms with Gasteiger partial charge in [0.05, 0.1) is 10.9 Å². The van der Waals surface area contributed by atoms with E-state index in [4.69, 9.17) is 5.41 Å². The molecule has 0 aliphatic carbocycles. The van der Waals surface area contributed by atoms with Gasteiger partial charge >= 0.3 is 0 Å². The van der Waals surface area contributed by atoms with Crippen LogP contribution in [0.25, 0.3) is 10.9 Å². The van der Waals surface area contributed by atoms with Crippen molar-refractivity contribution < 1.29 is 0 Å². The number of rotatable bonds is 1. The maximum absolute atomic E-state index is 12.4. The third kappa shape index (κ3) is 2.10. The fraction of sp³-hybridized carbons (Fsp3) is 0.429. The van der Waals surface area contributed by atoms with Gasteiger partial charge in [-0.3, -0.25) is 14.8 Å². The molecular formula is C14H19N3O. The number of para-hydroxylation sites is 1. The highest BCUT2D eigenvalue weighted by Gasteiger charge is 2.15. The second-order valence-electron chi connectivity index (χ2n) is 5.85. The summed E-state index contributed by atoms with van der Waals surface area (Å²) in [6.45, 7) is 6.74. The highest BCUT2D eigenvalue weighted by atomic mass is 16.1. The van der Waals surface area contributed by atoms with Gasteiger partial charge in [0.1, 0.15) is 0 Å². The van der Waals surface area contributed by atoms with Crippen LogP contribution >= 0.6 is 0 Å². The molecule has 0 saturated heterocycles. The third-order valence-electron chi connectivity index (χ3n) is 2.95. The van der Waals surface area contributed by atoms with E-state index in [9.17, 15) is 4.79 Å². The Balaban J connectivity index is 2.84. The predicted molar refractivity (Wildman–Crippen MR) is 72.5 cm³/mol. The van der Waals surface area contributed by atoms with Crippen LogP contribution in [-0.2, 0) is 13.6 Å². The minimum absolute atomic E-state index is 0.0327. The fourth-order valence-electron chi connectivity index (χ4n) is 2.10. The van der Waals surface area contributed by atoms with Gasteiger partial charge in [-0.05, 0) is 17.5 Å². The molecule has 1 aromatic carbocycles. The van der Waals surface area contributed by atoms with Gasteiger partial charge in [-0.25, -0.2) is 0 Å². The molecule has 2 rings (SSSR count). The Morgan fingerprint density at radius 1 is 1.22 bits per heavy atom. The van der Waals surface area contributed by atoms with Gasteiger partial charge in [0.15, 0.2) is 0 Å². The lowest BCUT2D eigenvalue weighted by atomic mass is 9.97. The molecule has 2 aromatic rings. The molecule has 1 N–H and O–H groups in total. The molecule has 0 spiro atoms. The number of benzene rings is 1.